The van der Waals surface area contributed by atoms with Gasteiger partial charge in [0.2, 0.25) is 0 Å². The molecule has 60 valence electrons. The minimum absolute atomic E-state index is 0.383. The summed E-state index contributed by atoms with van der Waals surface area (Å²) in [5, 5.41) is 8.51. The Morgan fingerprint density at radius 3 is 2.20 bits per heavy atom. The monoisotopic (exact) mass is 163 g/mol. The number of thioether (sulfide) groups is 1. The molecule has 0 fully saturated rings. The minimum Gasteiger partial charge on any atom is -0.480 e. The Bertz CT molecular complexity index is 136. The molecule has 0 spiro atoms. The van der Waals surface area contributed by atoms with E-state index >= 15 is 0 Å². The van der Waals surface area contributed by atoms with Gasteiger partial charge in [-0.25, -0.2) is 0 Å². The Labute approximate surface area is 65.0 Å². The summed E-state index contributed by atoms with van der Waals surface area (Å²) in [5.41, 5.74) is 5.38. The second kappa shape index (κ2) is 3.25. The number of rotatable bonds is 3. The van der Waals surface area contributed by atoms with Gasteiger partial charge in [-0.3, -0.25) is 4.79 Å². The molecule has 0 radical (unpaired) electrons. The molecule has 0 aliphatic rings. The van der Waals surface area contributed by atoms with Gasteiger partial charge in [0.25, 0.3) is 0 Å². The predicted molar refractivity (Wildman–Crippen MR) is 43.2 cm³/mol. The van der Waals surface area contributed by atoms with Crippen molar-refractivity contribution in [2.45, 2.75) is 24.6 Å². The lowest BCUT2D eigenvalue weighted by Crippen LogP contribution is -2.46. The van der Waals surface area contributed by atoms with E-state index in [1.807, 2.05) is 20.1 Å². The van der Waals surface area contributed by atoms with E-state index in [0.717, 1.165) is 0 Å². The molecule has 0 aliphatic carbocycles. The largest absolute Gasteiger partial charge is 0.480 e. The van der Waals surface area contributed by atoms with E-state index < -0.39 is 12.0 Å². The highest BCUT2D eigenvalue weighted by Gasteiger charge is 2.30. The molecule has 0 saturated carbocycles. The smallest absolute Gasteiger partial charge is 0.321 e. The lowest BCUT2D eigenvalue weighted by atomic mass is 10.1. The SMILES string of the molecule is CSC(C)(C)[C@H](N)C(=O)O. The molecular weight excluding hydrogens is 150 g/mol. The second-order valence-corrected chi connectivity index (χ2v) is 4.08. The molecule has 0 aliphatic heterocycles. The third kappa shape index (κ3) is 2.19. The molecule has 4 heteroatoms. The first-order chi connectivity index (χ1) is 4.41. The molecule has 0 unspecified atom stereocenters. The highest BCUT2D eigenvalue weighted by molar-refractivity contribution is 8.00. The van der Waals surface area contributed by atoms with Gasteiger partial charge in [0.05, 0.1) is 0 Å². The van der Waals surface area contributed by atoms with Crippen LogP contribution in [0.15, 0.2) is 0 Å². The summed E-state index contributed by atoms with van der Waals surface area (Å²) < 4.78 is -0.383. The fourth-order valence-corrected chi connectivity index (χ4v) is 0.779. The molecule has 3 N–H and O–H groups in total. The van der Waals surface area contributed by atoms with Crippen molar-refractivity contribution in [3.8, 4) is 0 Å². The molecule has 0 aromatic rings. The van der Waals surface area contributed by atoms with Crippen LogP contribution in [0.5, 0.6) is 0 Å². The maximum absolute atomic E-state index is 10.4. The first-order valence-electron chi connectivity index (χ1n) is 2.95. The van der Waals surface area contributed by atoms with Crippen molar-refractivity contribution >= 4 is 17.7 Å². The zero-order chi connectivity index (χ0) is 8.36. The quantitative estimate of drug-likeness (QED) is 0.637. The van der Waals surface area contributed by atoms with E-state index in [9.17, 15) is 4.79 Å². The molecule has 3 nitrogen and oxygen atoms in total. The topological polar surface area (TPSA) is 63.3 Å². The maximum Gasteiger partial charge on any atom is 0.321 e. The normalized spacial score (nSPS) is 14.8. The molecule has 0 saturated heterocycles. The lowest BCUT2D eigenvalue weighted by Gasteiger charge is -2.25. The van der Waals surface area contributed by atoms with Crippen LogP contribution in [-0.4, -0.2) is 28.1 Å². The van der Waals surface area contributed by atoms with E-state index in [2.05, 4.69) is 0 Å². The van der Waals surface area contributed by atoms with Gasteiger partial charge in [-0.1, -0.05) is 0 Å². The van der Waals surface area contributed by atoms with Gasteiger partial charge in [-0.05, 0) is 20.1 Å². The predicted octanol–water partition coefficient (Wildman–Crippen LogP) is 0.540. The summed E-state index contributed by atoms with van der Waals surface area (Å²) in [4.78, 5) is 10.4. The molecule has 0 rings (SSSR count). The van der Waals surface area contributed by atoms with Crippen molar-refractivity contribution in [1.82, 2.24) is 0 Å². The van der Waals surface area contributed by atoms with E-state index in [-0.39, 0.29) is 4.75 Å². The molecule has 0 aromatic carbocycles. The van der Waals surface area contributed by atoms with Crippen molar-refractivity contribution in [1.29, 1.82) is 0 Å². The van der Waals surface area contributed by atoms with Gasteiger partial charge >= 0.3 is 5.97 Å². The average Bonchev–Trinajstić information content (AvgIpc) is 1.86. The van der Waals surface area contributed by atoms with Gasteiger partial charge in [0, 0.05) is 4.75 Å². The molecule has 0 aromatic heterocycles. The number of hydrogen-bond acceptors (Lipinski definition) is 3. The van der Waals surface area contributed by atoms with Gasteiger partial charge < -0.3 is 10.8 Å². The first-order valence-corrected chi connectivity index (χ1v) is 4.18. The van der Waals surface area contributed by atoms with Gasteiger partial charge in [-0.2, -0.15) is 11.8 Å². The van der Waals surface area contributed by atoms with Crippen LogP contribution in [0, 0.1) is 0 Å². The van der Waals surface area contributed by atoms with Gasteiger partial charge in [-0.15, -0.1) is 0 Å². The molecule has 0 bridgehead atoms. The second-order valence-electron chi connectivity index (χ2n) is 2.62. The van der Waals surface area contributed by atoms with Crippen LogP contribution in [0.3, 0.4) is 0 Å². The summed E-state index contributed by atoms with van der Waals surface area (Å²) in [5.74, 6) is -0.945. The fraction of sp³-hybridized carbons (Fsp3) is 0.833. The number of carboxylic acid groups (broad SMARTS) is 1. The van der Waals surface area contributed by atoms with Crippen molar-refractivity contribution in [2.75, 3.05) is 6.26 Å². The van der Waals surface area contributed by atoms with E-state index in [0.29, 0.717) is 0 Å². The standard InChI is InChI=1S/C6H13NO2S/c1-6(2,10-3)4(7)5(8)9/h4H,7H2,1-3H3,(H,8,9)/t4-/m1/s1. The van der Waals surface area contributed by atoms with Crippen LogP contribution >= 0.6 is 11.8 Å². The lowest BCUT2D eigenvalue weighted by molar-refractivity contribution is -0.139. The third-order valence-corrected chi connectivity index (χ3v) is 2.85. The maximum atomic E-state index is 10.4. The van der Waals surface area contributed by atoms with Crippen LogP contribution in [0.25, 0.3) is 0 Å². The summed E-state index contributed by atoms with van der Waals surface area (Å²) in [6.45, 7) is 3.63. The summed E-state index contributed by atoms with van der Waals surface area (Å²) >= 11 is 1.46. The zero-order valence-corrected chi connectivity index (χ0v) is 7.23. The number of carboxylic acids is 1. The van der Waals surface area contributed by atoms with Crippen molar-refractivity contribution in [2.24, 2.45) is 5.73 Å². The van der Waals surface area contributed by atoms with Gasteiger partial charge in [0.1, 0.15) is 6.04 Å². The molecule has 0 amide bonds. The minimum atomic E-state index is -0.945. The van der Waals surface area contributed by atoms with E-state index in [1.54, 1.807) is 0 Å². The molecule has 10 heavy (non-hydrogen) atoms. The van der Waals surface area contributed by atoms with Crippen LogP contribution in [0.2, 0.25) is 0 Å². The Morgan fingerprint density at radius 2 is 2.10 bits per heavy atom. The van der Waals surface area contributed by atoms with Crippen molar-refractivity contribution in [3.05, 3.63) is 0 Å². The highest BCUT2D eigenvalue weighted by Crippen LogP contribution is 2.23. The number of nitrogens with two attached hydrogens (primary N) is 1. The fourth-order valence-electron chi connectivity index (χ4n) is 0.424. The Hall–Kier alpha value is -0.220. The summed E-state index contributed by atoms with van der Waals surface area (Å²) in [6.07, 6.45) is 1.85. The highest BCUT2D eigenvalue weighted by atomic mass is 32.2. The van der Waals surface area contributed by atoms with Crippen molar-refractivity contribution in [3.63, 3.8) is 0 Å². The van der Waals surface area contributed by atoms with Crippen LogP contribution in [0.1, 0.15) is 13.8 Å². The number of hydrogen-bond donors (Lipinski definition) is 2. The molecule has 1 atom stereocenters. The van der Waals surface area contributed by atoms with E-state index in [1.165, 1.54) is 11.8 Å². The molecular formula is C6H13NO2S. The number of aliphatic carboxylic acids is 1. The third-order valence-electron chi connectivity index (χ3n) is 1.54. The van der Waals surface area contributed by atoms with E-state index in [4.69, 9.17) is 10.8 Å². The average molecular weight is 163 g/mol. The van der Waals surface area contributed by atoms with Crippen LogP contribution < -0.4 is 5.73 Å². The van der Waals surface area contributed by atoms with Gasteiger partial charge in [0.15, 0.2) is 0 Å². The number of carbonyl (C=O) groups is 1. The summed E-state index contributed by atoms with van der Waals surface area (Å²) in [7, 11) is 0. The van der Waals surface area contributed by atoms with Crippen molar-refractivity contribution < 1.29 is 9.90 Å². The Kier molecular flexibility index (Phi) is 3.18. The Morgan fingerprint density at radius 1 is 1.70 bits per heavy atom. The van der Waals surface area contributed by atoms with Crippen LogP contribution in [-0.2, 0) is 4.79 Å². The van der Waals surface area contributed by atoms with Crippen LogP contribution in [0.4, 0.5) is 0 Å². The first kappa shape index (κ1) is 9.78. The summed E-state index contributed by atoms with van der Waals surface area (Å²) in [6, 6.07) is -0.789. The zero-order valence-electron chi connectivity index (χ0n) is 6.42. The molecule has 0 heterocycles. The Balaban J connectivity index is 4.17.